The van der Waals surface area contributed by atoms with Crippen molar-refractivity contribution in [2.45, 2.75) is 51.6 Å². The van der Waals surface area contributed by atoms with Crippen molar-refractivity contribution < 1.29 is 14.6 Å². The summed E-state index contributed by atoms with van der Waals surface area (Å²) in [6.07, 6.45) is 3.04. The Hall–Kier alpha value is -2.04. The summed E-state index contributed by atoms with van der Waals surface area (Å²) in [5.41, 5.74) is 2.46. The van der Waals surface area contributed by atoms with Crippen molar-refractivity contribution in [3.63, 3.8) is 0 Å². The van der Waals surface area contributed by atoms with Crippen LogP contribution in [0.1, 0.15) is 44.7 Å². The number of piperidine rings is 1. The highest BCUT2D eigenvalue weighted by atomic mass is 16.5. The summed E-state index contributed by atoms with van der Waals surface area (Å²) in [7, 11) is 1.68. The molecule has 0 spiro atoms. The van der Waals surface area contributed by atoms with Crippen molar-refractivity contribution in [3.8, 4) is 11.5 Å². The Morgan fingerprint density at radius 1 is 1.07 bits per heavy atom. The van der Waals surface area contributed by atoms with Crippen molar-refractivity contribution >= 4 is 0 Å². The average Bonchev–Trinajstić information content (AvgIpc) is 2.73. The molecule has 1 saturated heterocycles. The number of ether oxygens (including phenoxy) is 2. The quantitative estimate of drug-likeness (QED) is 0.684. The fraction of sp³-hybridized carbons (Fsp3) is 0.538. The molecule has 1 aliphatic rings. The second kappa shape index (κ2) is 10.3. The summed E-state index contributed by atoms with van der Waals surface area (Å²) in [6.45, 7) is 9.53. The van der Waals surface area contributed by atoms with E-state index in [2.05, 4.69) is 56.0 Å². The first kappa shape index (κ1) is 22.6. The molecule has 1 fully saturated rings. The fourth-order valence-electron chi connectivity index (χ4n) is 4.21. The molecule has 3 rings (SSSR count). The lowest BCUT2D eigenvalue weighted by molar-refractivity contribution is 0.0545. The summed E-state index contributed by atoms with van der Waals surface area (Å²) in [4.78, 5) is 2.37. The molecule has 164 valence electrons. The van der Waals surface area contributed by atoms with Crippen molar-refractivity contribution in [1.82, 2.24) is 4.90 Å². The Morgan fingerprint density at radius 2 is 1.77 bits per heavy atom. The molecule has 1 heterocycles. The summed E-state index contributed by atoms with van der Waals surface area (Å²) in [6, 6.07) is 16.6. The van der Waals surface area contributed by atoms with Gasteiger partial charge in [0.25, 0.3) is 0 Å². The first-order valence-corrected chi connectivity index (χ1v) is 11.1. The van der Waals surface area contributed by atoms with Gasteiger partial charge in [-0.1, -0.05) is 51.1 Å². The predicted molar refractivity (Wildman–Crippen MR) is 123 cm³/mol. The number of methoxy groups -OCH3 is 1. The molecule has 2 aromatic carbocycles. The van der Waals surface area contributed by atoms with E-state index in [0.717, 1.165) is 42.5 Å². The van der Waals surface area contributed by atoms with Crippen LogP contribution < -0.4 is 9.47 Å². The number of aliphatic hydroxyl groups is 1. The van der Waals surface area contributed by atoms with Gasteiger partial charge in [-0.25, -0.2) is 0 Å². The van der Waals surface area contributed by atoms with Crippen molar-refractivity contribution in [3.05, 3.63) is 59.7 Å². The normalized spacial score (nSPS) is 17.0. The molecule has 4 heteroatoms. The molecule has 1 atom stereocenters. The number of aliphatic hydroxyl groups excluding tert-OH is 1. The minimum absolute atomic E-state index is 0.0601. The van der Waals surface area contributed by atoms with Gasteiger partial charge in [-0.2, -0.15) is 0 Å². The molecule has 30 heavy (non-hydrogen) atoms. The highest BCUT2D eigenvalue weighted by Crippen LogP contribution is 2.34. The van der Waals surface area contributed by atoms with Crippen LogP contribution in [0, 0.1) is 5.92 Å². The molecule has 1 aliphatic heterocycles. The summed E-state index contributed by atoms with van der Waals surface area (Å²) in [5.74, 6) is 2.39. The van der Waals surface area contributed by atoms with E-state index in [0.29, 0.717) is 13.2 Å². The zero-order valence-corrected chi connectivity index (χ0v) is 18.9. The standard InChI is InChI=1S/C26H37NO3/c1-26(2,3)24-17-23(29-4)10-11-25(24)30-19-22(28)18-27-14-12-21(13-15-27)16-20-8-6-5-7-9-20/h5-11,17,21-22,28H,12-16,18-19H2,1-4H3/t22-/m0/s1. The smallest absolute Gasteiger partial charge is 0.123 e. The first-order valence-electron chi connectivity index (χ1n) is 11.1. The number of rotatable bonds is 8. The zero-order valence-electron chi connectivity index (χ0n) is 18.9. The molecule has 1 N–H and O–H groups in total. The lowest BCUT2D eigenvalue weighted by Crippen LogP contribution is -2.41. The summed E-state index contributed by atoms with van der Waals surface area (Å²) in [5, 5.41) is 10.6. The van der Waals surface area contributed by atoms with Gasteiger partial charge < -0.3 is 19.5 Å². The van der Waals surface area contributed by atoms with E-state index >= 15 is 0 Å². The molecule has 0 aliphatic carbocycles. The maximum atomic E-state index is 10.6. The fourth-order valence-corrected chi connectivity index (χ4v) is 4.21. The largest absolute Gasteiger partial charge is 0.497 e. The van der Waals surface area contributed by atoms with Crippen molar-refractivity contribution in [2.24, 2.45) is 5.92 Å². The molecular weight excluding hydrogens is 374 g/mol. The van der Waals surface area contributed by atoms with Gasteiger partial charge in [0.05, 0.1) is 7.11 Å². The van der Waals surface area contributed by atoms with E-state index in [1.54, 1.807) is 7.11 Å². The molecule has 0 bridgehead atoms. The number of β-amino-alcohol motifs (C(OH)–C–C–N with tert-alkyl or cyclic N) is 1. The number of hydrogen-bond acceptors (Lipinski definition) is 4. The minimum atomic E-state index is -0.495. The Bertz CT molecular complexity index is 777. The zero-order chi connectivity index (χ0) is 21.6. The highest BCUT2D eigenvalue weighted by Gasteiger charge is 2.23. The SMILES string of the molecule is COc1ccc(OC[C@@H](O)CN2CCC(Cc3ccccc3)CC2)c(C(C)(C)C)c1. The van der Waals surface area contributed by atoms with E-state index in [9.17, 15) is 5.11 Å². The number of nitrogens with zero attached hydrogens (tertiary/aromatic N) is 1. The van der Waals surface area contributed by atoms with Gasteiger partial charge in [-0.15, -0.1) is 0 Å². The van der Waals surface area contributed by atoms with Gasteiger partial charge in [0.1, 0.15) is 24.2 Å². The topological polar surface area (TPSA) is 41.9 Å². The van der Waals surface area contributed by atoms with E-state index in [1.165, 1.54) is 18.4 Å². The van der Waals surface area contributed by atoms with E-state index < -0.39 is 6.10 Å². The van der Waals surface area contributed by atoms with Crippen LogP contribution in [0.15, 0.2) is 48.5 Å². The van der Waals surface area contributed by atoms with Crippen LogP contribution in [0.5, 0.6) is 11.5 Å². The Balaban J connectivity index is 1.46. The maximum absolute atomic E-state index is 10.6. The Labute approximate surface area is 181 Å². The summed E-state index contributed by atoms with van der Waals surface area (Å²) >= 11 is 0. The van der Waals surface area contributed by atoms with E-state index in [4.69, 9.17) is 9.47 Å². The monoisotopic (exact) mass is 411 g/mol. The second-order valence-corrected chi connectivity index (χ2v) is 9.51. The molecule has 0 saturated carbocycles. The minimum Gasteiger partial charge on any atom is -0.497 e. The third-order valence-electron chi connectivity index (χ3n) is 5.97. The van der Waals surface area contributed by atoms with Gasteiger partial charge >= 0.3 is 0 Å². The van der Waals surface area contributed by atoms with E-state index in [-0.39, 0.29) is 5.41 Å². The van der Waals surface area contributed by atoms with Crippen LogP contribution in [-0.2, 0) is 11.8 Å². The average molecular weight is 412 g/mol. The summed E-state index contributed by atoms with van der Waals surface area (Å²) < 4.78 is 11.4. The molecule has 0 unspecified atom stereocenters. The van der Waals surface area contributed by atoms with Crippen LogP contribution in [0.25, 0.3) is 0 Å². The highest BCUT2D eigenvalue weighted by molar-refractivity contribution is 5.44. The molecule has 0 radical (unpaired) electrons. The lowest BCUT2D eigenvalue weighted by Gasteiger charge is -2.33. The van der Waals surface area contributed by atoms with Gasteiger partial charge in [0.2, 0.25) is 0 Å². The molecule has 0 aromatic heterocycles. The number of benzene rings is 2. The van der Waals surface area contributed by atoms with Gasteiger partial charge in [-0.05, 0) is 67.4 Å². The molecule has 4 nitrogen and oxygen atoms in total. The third-order valence-corrected chi connectivity index (χ3v) is 5.97. The number of hydrogen-bond donors (Lipinski definition) is 1. The second-order valence-electron chi connectivity index (χ2n) is 9.51. The van der Waals surface area contributed by atoms with Crippen molar-refractivity contribution in [2.75, 3.05) is 33.4 Å². The first-order chi connectivity index (χ1) is 14.3. The van der Waals surface area contributed by atoms with Gasteiger partial charge in [-0.3, -0.25) is 0 Å². The third kappa shape index (κ3) is 6.48. The molecular formula is C26H37NO3. The van der Waals surface area contributed by atoms with Gasteiger partial charge in [0.15, 0.2) is 0 Å². The predicted octanol–water partition coefficient (Wildman–Crippen LogP) is 4.69. The Kier molecular flexibility index (Phi) is 7.79. The van der Waals surface area contributed by atoms with Crippen LogP contribution in [0.2, 0.25) is 0 Å². The number of likely N-dealkylation sites (tertiary alicyclic amines) is 1. The van der Waals surface area contributed by atoms with Crippen LogP contribution in [-0.4, -0.2) is 49.5 Å². The van der Waals surface area contributed by atoms with Gasteiger partial charge in [0, 0.05) is 12.1 Å². The maximum Gasteiger partial charge on any atom is 0.123 e. The molecule has 0 amide bonds. The van der Waals surface area contributed by atoms with Crippen molar-refractivity contribution in [1.29, 1.82) is 0 Å². The van der Waals surface area contributed by atoms with Crippen LogP contribution >= 0.6 is 0 Å². The van der Waals surface area contributed by atoms with Crippen LogP contribution in [0.4, 0.5) is 0 Å². The lowest BCUT2D eigenvalue weighted by atomic mass is 9.86. The molecule has 2 aromatic rings. The van der Waals surface area contributed by atoms with Crippen LogP contribution in [0.3, 0.4) is 0 Å². The van der Waals surface area contributed by atoms with E-state index in [1.807, 2.05) is 18.2 Å². The Morgan fingerprint density at radius 3 is 2.40 bits per heavy atom.